The zero-order chi connectivity index (χ0) is 30.9. The van der Waals surface area contributed by atoms with Gasteiger partial charge in [0.15, 0.2) is 11.6 Å². The smallest absolute Gasteiger partial charge is 0.419 e. The zero-order valence-electron chi connectivity index (χ0n) is 21.5. The first-order valence-electron chi connectivity index (χ1n) is 12.1. The van der Waals surface area contributed by atoms with Crippen molar-refractivity contribution in [2.75, 3.05) is 7.11 Å². The Morgan fingerprint density at radius 2 is 1.38 bits per heavy atom. The SMILES string of the molecule is COc1ccc(C(Cc2ccccc2)(NC(=O)c2ccc(F)c(C(F)(F)F)c2)c2cc(F)cc(C(F)(F)F)c2)cc1F. The first-order chi connectivity index (χ1) is 19.6. The maximum Gasteiger partial charge on any atom is 0.419 e. The van der Waals surface area contributed by atoms with Gasteiger partial charge in [0.05, 0.1) is 23.8 Å². The summed E-state index contributed by atoms with van der Waals surface area (Å²) in [4.78, 5) is 13.5. The van der Waals surface area contributed by atoms with Gasteiger partial charge in [-0.25, -0.2) is 13.2 Å². The van der Waals surface area contributed by atoms with Gasteiger partial charge in [0, 0.05) is 12.0 Å². The molecule has 0 heterocycles. The van der Waals surface area contributed by atoms with Crippen LogP contribution >= 0.6 is 0 Å². The second-order valence-electron chi connectivity index (χ2n) is 9.29. The van der Waals surface area contributed by atoms with Crippen LogP contribution in [-0.4, -0.2) is 13.0 Å². The van der Waals surface area contributed by atoms with E-state index >= 15 is 4.39 Å². The first kappa shape index (κ1) is 30.5. The molecule has 220 valence electrons. The Hall–Kier alpha value is -4.48. The number of carbonyl (C=O) groups is 1. The van der Waals surface area contributed by atoms with Crippen molar-refractivity contribution in [2.45, 2.75) is 24.3 Å². The molecular weight excluding hydrogens is 577 g/mol. The molecule has 4 aromatic carbocycles. The summed E-state index contributed by atoms with van der Waals surface area (Å²) in [5, 5.41) is 2.43. The van der Waals surface area contributed by atoms with Crippen LogP contribution in [0.5, 0.6) is 5.75 Å². The number of rotatable bonds is 7. The molecule has 1 amide bonds. The highest BCUT2D eigenvalue weighted by Crippen LogP contribution is 2.40. The molecule has 4 aromatic rings. The van der Waals surface area contributed by atoms with E-state index in [2.05, 4.69) is 5.32 Å². The van der Waals surface area contributed by atoms with Crippen molar-refractivity contribution >= 4 is 5.91 Å². The van der Waals surface area contributed by atoms with Crippen LogP contribution in [0.4, 0.5) is 39.5 Å². The molecule has 0 aromatic heterocycles. The highest BCUT2D eigenvalue weighted by Gasteiger charge is 2.41. The topological polar surface area (TPSA) is 38.3 Å². The van der Waals surface area contributed by atoms with E-state index in [-0.39, 0.29) is 23.4 Å². The van der Waals surface area contributed by atoms with Gasteiger partial charge < -0.3 is 10.1 Å². The maximum absolute atomic E-state index is 15.0. The summed E-state index contributed by atoms with van der Waals surface area (Å²) in [5.41, 5.74) is -6.39. The average Bonchev–Trinajstić information content (AvgIpc) is 2.92. The van der Waals surface area contributed by atoms with E-state index in [1.807, 2.05) is 0 Å². The summed E-state index contributed by atoms with van der Waals surface area (Å²) in [7, 11) is 1.16. The molecule has 0 spiro atoms. The number of methoxy groups -OCH3 is 1. The number of carbonyl (C=O) groups excluding carboxylic acids is 1. The monoisotopic (exact) mass is 597 g/mol. The molecule has 0 bridgehead atoms. The first-order valence-corrected chi connectivity index (χ1v) is 12.1. The van der Waals surface area contributed by atoms with Crippen LogP contribution in [-0.2, 0) is 24.3 Å². The zero-order valence-corrected chi connectivity index (χ0v) is 21.5. The fraction of sp³-hybridized carbons (Fsp3) is 0.167. The minimum atomic E-state index is -5.18. The number of halogens is 9. The number of benzene rings is 4. The van der Waals surface area contributed by atoms with Gasteiger partial charge in [0.1, 0.15) is 11.6 Å². The van der Waals surface area contributed by atoms with E-state index in [1.54, 1.807) is 18.2 Å². The third kappa shape index (κ3) is 6.37. The van der Waals surface area contributed by atoms with Gasteiger partial charge in [-0.1, -0.05) is 36.4 Å². The molecule has 0 radical (unpaired) electrons. The third-order valence-corrected chi connectivity index (χ3v) is 6.54. The molecule has 42 heavy (non-hydrogen) atoms. The summed E-state index contributed by atoms with van der Waals surface area (Å²) in [6.07, 6.45) is -10.6. The molecule has 0 aliphatic rings. The summed E-state index contributed by atoms with van der Waals surface area (Å²) < 4.78 is 130. The Morgan fingerprint density at radius 3 is 1.98 bits per heavy atom. The largest absolute Gasteiger partial charge is 0.494 e. The van der Waals surface area contributed by atoms with Crippen LogP contribution in [0.2, 0.25) is 0 Å². The van der Waals surface area contributed by atoms with Gasteiger partial charge in [-0.05, 0) is 65.2 Å². The lowest BCUT2D eigenvalue weighted by Crippen LogP contribution is -2.49. The Labute approximate surface area is 233 Å². The molecule has 12 heteroatoms. The number of alkyl halides is 6. The fourth-order valence-electron chi connectivity index (χ4n) is 4.54. The summed E-state index contributed by atoms with van der Waals surface area (Å²) >= 11 is 0. The van der Waals surface area contributed by atoms with Crippen molar-refractivity contribution in [2.24, 2.45) is 0 Å². The van der Waals surface area contributed by atoms with Gasteiger partial charge in [-0.15, -0.1) is 0 Å². The predicted octanol–water partition coefficient (Wildman–Crippen LogP) is 8.07. The van der Waals surface area contributed by atoms with Crippen LogP contribution in [0, 0.1) is 17.5 Å². The molecule has 0 aliphatic carbocycles. The molecule has 0 saturated heterocycles. The lowest BCUT2D eigenvalue weighted by Gasteiger charge is -2.37. The number of hydrogen-bond acceptors (Lipinski definition) is 2. The van der Waals surface area contributed by atoms with E-state index in [9.17, 15) is 39.9 Å². The van der Waals surface area contributed by atoms with Crippen molar-refractivity contribution < 1.29 is 49.0 Å². The van der Waals surface area contributed by atoms with E-state index < -0.39 is 69.9 Å². The third-order valence-electron chi connectivity index (χ3n) is 6.54. The van der Waals surface area contributed by atoms with Gasteiger partial charge >= 0.3 is 12.4 Å². The van der Waals surface area contributed by atoms with Crippen LogP contribution in [0.1, 0.15) is 38.2 Å². The molecule has 3 nitrogen and oxygen atoms in total. The number of hydrogen-bond donors (Lipinski definition) is 1. The molecule has 0 saturated carbocycles. The Balaban J connectivity index is 2.01. The van der Waals surface area contributed by atoms with Gasteiger partial charge in [-0.2, -0.15) is 26.3 Å². The Kier molecular flexibility index (Phi) is 8.29. The highest BCUT2D eigenvalue weighted by atomic mass is 19.4. The van der Waals surface area contributed by atoms with Crippen LogP contribution in [0.3, 0.4) is 0 Å². The standard InChI is InChI=1S/C30H20F9NO2/c1-42-26-10-8-19(15-25(26)33)28(16-17-5-3-2-4-6-17,20-12-21(29(34,35)36)14-22(31)13-20)40-27(41)18-7-9-24(32)23(11-18)30(37,38)39/h2-15H,16H2,1H3,(H,40,41). The predicted molar refractivity (Wildman–Crippen MR) is 134 cm³/mol. The minimum absolute atomic E-state index is 0.185. The van der Waals surface area contributed by atoms with Gasteiger partial charge in [0.2, 0.25) is 0 Å². The molecule has 4 rings (SSSR count). The van der Waals surface area contributed by atoms with Crippen LogP contribution in [0.15, 0.2) is 84.9 Å². The van der Waals surface area contributed by atoms with E-state index in [0.717, 1.165) is 25.3 Å². The van der Waals surface area contributed by atoms with Crippen LogP contribution < -0.4 is 10.1 Å². The summed E-state index contributed by atoms with van der Waals surface area (Å²) in [5.74, 6) is -5.54. The normalized spacial score (nSPS) is 13.4. The quantitative estimate of drug-likeness (QED) is 0.219. The Morgan fingerprint density at radius 1 is 0.714 bits per heavy atom. The highest BCUT2D eigenvalue weighted by molar-refractivity contribution is 5.95. The summed E-state index contributed by atoms with van der Waals surface area (Å²) in [6, 6.07) is 13.9. The molecule has 1 atom stereocenters. The second kappa shape index (κ2) is 11.4. The lowest BCUT2D eigenvalue weighted by molar-refractivity contribution is -0.140. The number of ether oxygens (including phenoxy) is 1. The van der Waals surface area contributed by atoms with Crippen molar-refractivity contribution in [1.29, 1.82) is 0 Å². The number of nitrogens with one attached hydrogen (secondary N) is 1. The molecule has 0 fully saturated rings. The van der Waals surface area contributed by atoms with Crippen molar-refractivity contribution in [3.63, 3.8) is 0 Å². The van der Waals surface area contributed by atoms with E-state index in [4.69, 9.17) is 4.74 Å². The molecule has 1 N–H and O–H groups in total. The van der Waals surface area contributed by atoms with Crippen molar-refractivity contribution in [3.05, 3.63) is 136 Å². The second-order valence-corrected chi connectivity index (χ2v) is 9.29. The molecule has 0 aliphatic heterocycles. The van der Waals surface area contributed by atoms with E-state index in [1.165, 1.54) is 18.2 Å². The summed E-state index contributed by atoms with van der Waals surface area (Å²) in [6.45, 7) is 0. The molecule has 1 unspecified atom stereocenters. The maximum atomic E-state index is 15.0. The Bertz CT molecular complexity index is 1600. The van der Waals surface area contributed by atoms with E-state index in [0.29, 0.717) is 23.8 Å². The molecular formula is C30H20F9NO2. The number of amides is 1. The van der Waals surface area contributed by atoms with Gasteiger partial charge in [-0.3, -0.25) is 4.79 Å². The van der Waals surface area contributed by atoms with Crippen molar-refractivity contribution in [1.82, 2.24) is 5.32 Å². The van der Waals surface area contributed by atoms with Crippen LogP contribution in [0.25, 0.3) is 0 Å². The minimum Gasteiger partial charge on any atom is -0.494 e. The average molecular weight is 597 g/mol. The fourth-order valence-corrected chi connectivity index (χ4v) is 4.54. The van der Waals surface area contributed by atoms with Crippen molar-refractivity contribution in [3.8, 4) is 5.75 Å². The van der Waals surface area contributed by atoms with Gasteiger partial charge in [0.25, 0.3) is 5.91 Å². The lowest BCUT2D eigenvalue weighted by atomic mass is 9.77.